The predicted octanol–water partition coefficient (Wildman–Crippen LogP) is 2.21. The predicted molar refractivity (Wildman–Crippen MR) is 59.6 cm³/mol. The second-order valence-corrected chi connectivity index (χ2v) is 3.91. The molecule has 0 amide bonds. The van der Waals surface area contributed by atoms with Gasteiger partial charge in [-0.15, -0.1) is 0 Å². The Morgan fingerprint density at radius 1 is 1.43 bits per heavy atom. The SMILES string of the molecule is C=C/C=C1/C=CC(C(C)(C)O)=CN1C. The zero-order valence-electron chi connectivity index (χ0n) is 8.99. The summed E-state index contributed by atoms with van der Waals surface area (Å²) >= 11 is 0. The van der Waals surface area contributed by atoms with Gasteiger partial charge in [-0.3, -0.25) is 0 Å². The number of hydrogen-bond acceptors (Lipinski definition) is 2. The zero-order valence-corrected chi connectivity index (χ0v) is 8.99. The summed E-state index contributed by atoms with van der Waals surface area (Å²) in [4.78, 5) is 1.97. The Hall–Kier alpha value is -1.28. The van der Waals surface area contributed by atoms with Crippen LogP contribution in [0.25, 0.3) is 0 Å². The maximum absolute atomic E-state index is 9.79. The summed E-state index contributed by atoms with van der Waals surface area (Å²) in [5, 5.41) is 9.79. The molecule has 76 valence electrons. The Balaban J connectivity index is 2.93. The van der Waals surface area contributed by atoms with E-state index in [1.54, 1.807) is 19.9 Å². The normalized spacial score (nSPS) is 19.9. The van der Waals surface area contributed by atoms with Crippen LogP contribution in [0.1, 0.15) is 13.8 Å². The first kappa shape index (κ1) is 10.8. The Morgan fingerprint density at radius 3 is 2.50 bits per heavy atom. The lowest BCUT2D eigenvalue weighted by molar-refractivity contribution is 0.122. The Bertz CT molecular complexity index is 316. The van der Waals surface area contributed by atoms with E-state index in [-0.39, 0.29) is 0 Å². The number of aliphatic hydroxyl groups is 1. The molecule has 2 nitrogen and oxygen atoms in total. The Labute approximate surface area is 85.5 Å². The van der Waals surface area contributed by atoms with Crippen molar-refractivity contribution in [3.63, 3.8) is 0 Å². The van der Waals surface area contributed by atoms with Crippen LogP contribution in [0.4, 0.5) is 0 Å². The Morgan fingerprint density at radius 2 is 2.07 bits per heavy atom. The molecule has 0 bridgehead atoms. The smallest absolute Gasteiger partial charge is 0.0854 e. The monoisotopic (exact) mass is 191 g/mol. The molecular formula is C12H17NO. The highest BCUT2D eigenvalue weighted by molar-refractivity contribution is 5.38. The van der Waals surface area contributed by atoms with Crippen LogP contribution in [0.5, 0.6) is 0 Å². The van der Waals surface area contributed by atoms with Crippen LogP contribution in [0, 0.1) is 0 Å². The third-order valence-electron chi connectivity index (χ3n) is 2.17. The van der Waals surface area contributed by atoms with Crippen molar-refractivity contribution in [1.29, 1.82) is 0 Å². The highest BCUT2D eigenvalue weighted by Gasteiger charge is 2.20. The lowest BCUT2D eigenvalue weighted by Crippen LogP contribution is -2.25. The molecule has 0 aromatic carbocycles. The standard InChI is InChI=1S/C12H17NO/c1-5-6-11-8-7-10(9-13(11)4)12(2,3)14/h5-9,14H,1H2,2-4H3/b11-6-. The average molecular weight is 191 g/mol. The van der Waals surface area contributed by atoms with E-state index in [0.29, 0.717) is 0 Å². The number of nitrogens with zero attached hydrogens (tertiary/aromatic N) is 1. The molecule has 0 atom stereocenters. The number of hydrogen-bond donors (Lipinski definition) is 1. The third-order valence-corrected chi connectivity index (χ3v) is 2.17. The van der Waals surface area contributed by atoms with E-state index < -0.39 is 5.60 Å². The van der Waals surface area contributed by atoms with Gasteiger partial charge < -0.3 is 10.0 Å². The van der Waals surface area contributed by atoms with Gasteiger partial charge in [-0.05, 0) is 31.6 Å². The fourth-order valence-electron chi connectivity index (χ4n) is 1.27. The van der Waals surface area contributed by atoms with E-state index in [4.69, 9.17) is 0 Å². The number of rotatable bonds is 2. The summed E-state index contributed by atoms with van der Waals surface area (Å²) in [5.41, 5.74) is 1.18. The van der Waals surface area contributed by atoms with Gasteiger partial charge in [-0.25, -0.2) is 0 Å². The molecule has 0 radical (unpaired) electrons. The molecule has 0 aliphatic carbocycles. The first-order chi connectivity index (χ1) is 6.45. The molecule has 0 aromatic rings. The summed E-state index contributed by atoms with van der Waals surface area (Å²) in [6.45, 7) is 7.20. The second-order valence-electron chi connectivity index (χ2n) is 3.91. The van der Waals surface area contributed by atoms with Crippen LogP contribution >= 0.6 is 0 Å². The summed E-state index contributed by atoms with van der Waals surface area (Å²) in [5.74, 6) is 0. The van der Waals surface area contributed by atoms with E-state index in [2.05, 4.69) is 6.58 Å². The van der Waals surface area contributed by atoms with Crippen molar-refractivity contribution in [2.75, 3.05) is 7.05 Å². The van der Waals surface area contributed by atoms with Gasteiger partial charge in [-0.1, -0.05) is 18.7 Å². The molecule has 0 saturated heterocycles. The largest absolute Gasteiger partial charge is 0.386 e. The first-order valence-corrected chi connectivity index (χ1v) is 4.63. The molecule has 1 aliphatic rings. The van der Waals surface area contributed by atoms with Crippen molar-refractivity contribution >= 4 is 0 Å². The second kappa shape index (κ2) is 3.84. The summed E-state index contributed by atoms with van der Waals surface area (Å²) in [7, 11) is 1.95. The van der Waals surface area contributed by atoms with Crippen LogP contribution in [-0.4, -0.2) is 22.7 Å². The van der Waals surface area contributed by atoms with Crippen molar-refractivity contribution in [3.05, 3.63) is 48.4 Å². The van der Waals surface area contributed by atoms with Crippen LogP contribution in [0.3, 0.4) is 0 Å². The fraction of sp³-hybridized carbons (Fsp3) is 0.333. The summed E-state index contributed by atoms with van der Waals surface area (Å²) in [6.07, 6.45) is 9.49. The van der Waals surface area contributed by atoms with Gasteiger partial charge in [-0.2, -0.15) is 0 Å². The molecule has 2 heteroatoms. The molecule has 1 heterocycles. The molecule has 0 saturated carbocycles. The van der Waals surface area contributed by atoms with E-state index in [1.807, 2.05) is 36.4 Å². The lowest BCUT2D eigenvalue weighted by Gasteiger charge is -2.27. The minimum absolute atomic E-state index is 0.787. The minimum Gasteiger partial charge on any atom is -0.386 e. The molecule has 0 spiro atoms. The summed E-state index contributed by atoms with van der Waals surface area (Å²) < 4.78 is 0. The van der Waals surface area contributed by atoms with Crippen LogP contribution in [-0.2, 0) is 0 Å². The highest BCUT2D eigenvalue weighted by Crippen LogP contribution is 2.23. The van der Waals surface area contributed by atoms with Gasteiger partial charge >= 0.3 is 0 Å². The van der Waals surface area contributed by atoms with Gasteiger partial charge in [0.1, 0.15) is 0 Å². The van der Waals surface area contributed by atoms with E-state index in [0.717, 1.165) is 11.3 Å². The van der Waals surface area contributed by atoms with E-state index in [9.17, 15) is 5.11 Å². The molecule has 1 rings (SSSR count). The average Bonchev–Trinajstić information content (AvgIpc) is 2.07. The van der Waals surface area contributed by atoms with Gasteiger partial charge in [0.25, 0.3) is 0 Å². The van der Waals surface area contributed by atoms with Crippen molar-refractivity contribution in [2.45, 2.75) is 19.4 Å². The molecule has 14 heavy (non-hydrogen) atoms. The zero-order chi connectivity index (χ0) is 10.8. The Kier molecular flexibility index (Phi) is 2.96. The molecule has 0 unspecified atom stereocenters. The van der Waals surface area contributed by atoms with E-state index in [1.165, 1.54) is 0 Å². The maximum atomic E-state index is 9.79. The summed E-state index contributed by atoms with van der Waals surface area (Å²) in [6, 6.07) is 0. The van der Waals surface area contributed by atoms with Crippen molar-refractivity contribution in [1.82, 2.24) is 4.90 Å². The van der Waals surface area contributed by atoms with Crippen LogP contribution < -0.4 is 0 Å². The fourth-order valence-corrected chi connectivity index (χ4v) is 1.27. The quantitative estimate of drug-likeness (QED) is 0.723. The lowest BCUT2D eigenvalue weighted by atomic mass is 9.96. The topological polar surface area (TPSA) is 23.5 Å². The van der Waals surface area contributed by atoms with Crippen LogP contribution in [0.2, 0.25) is 0 Å². The minimum atomic E-state index is -0.787. The van der Waals surface area contributed by atoms with Gasteiger partial charge in [0.15, 0.2) is 0 Å². The molecule has 1 N–H and O–H groups in total. The highest BCUT2D eigenvalue weighted by atomic mass is 16.3. The molecule has 1 aliphatic heterocycles. The molecule has 0 aromatic heterocycles. The number of likely N-dealkylation sites (N-methyl/N-ethyl adjacent to an activating group) is 1. The van der Waals surface area contributed by atoms with Crippen LogP contribution in [0.15, 0.2) is 48.4 Å². The van der Waals surface area contributed by atoms with E-state index >= 15 is 0 Å². The maximum Gasteiger partial charge on any atom is 0.0854 e. The molecular weight excluding hydrogens is 174 g/mol. The van der Waals surface area contributed by atoms with Gasteiger partial charge in [0.05, 0.1) is 5.60 Å². The number of allylic oxidation sites excluding steroid dienone is 3. The first-order valence-electron chi connectivity index (χ1n) is 4.63. The van der Waals surface area contributed by atoms with Gasteiger partial charge in [0, 0.05) is 18.9 Å². The van der Waals surface area contributed by atoms with Crippen molar-refractivity contribution in [3.8, 4) is 0 Å². The van der Waals surface area contributed by atoms with Crippen molar-refractivity contribution < 1.29 is 5.11 Å². The third kappa shape index (κ3) is 2.36. The molecule has 0 fully saturated rings. The van der Waals surface area contributed by atoms with Crippen molar-refractivity contribution in [2.24, 2.45) is 0 Å². The van der Waals surface area contributed by atoms with Gasteiger partial charge in [0.2, 0.25) is 0 Å².